The van der Waals surface area contributed by atoms with E-state index in [1.54, 1.807) is 16.2 Å². The molecular weight excluding hydrogens is 250 g/mol. The van der Waals surface area contributed by atoms with E-state index in [1.807, 2.05) is 31.4 Å². The molecule has 1 saturated heterocycles. The van der Waals surface area contributed by atoms with Crippen LogP contribution in [0, 0.1) is 0 Å². The molecule has 1 atom stereocenters. The fraction of sp³-hybridized carbons (Fsp3) is 0.500. The zero-order valence-electron chi connectivity index (χ0n) is 10.5. The van der Waals surface area contributed by atoms with Crippen molar-refractivity contribution in [3.8, 4) is 0 Å². The highest BCUT2D eigenvalue weighted by Crippen LogP contribution is 2.10. The third-order valence-electron chi connectivity index (χ3n) is 2.89. The molecule has 3 amide bonds. The van der Waals surface area contributed by atoms with Crippen molar-refractivity contribution < 1.29 is 9.59 Å². The Morgan fingerprint density at radius 3 is 3.00 bits per heavy atom. The molecule has 18 heavy (non-hydrogen) atoms. The molecule has 5 nitrogen and oxygen atoms in total. The van der Waals surface area contributed by atoms with Gasteiger partial charge in [0.15, 0.2) is 0 Å². The Hall–Kier alpha value is -1.56. The number of thiophene rings is 1. The molecule has 0 bridgehead atoms. The van der Waals surface area contributed by atoms with Crippen molar-refractivity contribution in [3.63, 3.8) is 0 Å². The van der Waals surface area contributed by atoms with Gasteiger partial charge in [0.2, 0.25) is 5.91 Å². The highest BCUT2D eigenvalue weighted by atomic mass is 32.1. The van der Waals surface area contributed by atoms with Gasteiger partial charge in [0, 0.05) is 10.9 Å². The Kier molecular flexibility index (Phi) is 3.86. The molecule has 0 aliphatic carbocycles. The van der Waals surface area contributed by atoms with Crippen LogP contribution in [0.3, 0.4) is 0 Å². The second-order valence-electron chi connectivity index (χ2n) is 4.55. The van der Waals surface area contributed by atoms with Crippen molar-refractivity contribution in [1.82, 2.24) is 15.5 Å². The zero-order valence-corrected chi connectivity index (χ0v) is 11.3. The van der Waals surface area contributed by atoms with E-state index in [1.165, 1.54) is 0 Å². The van der Waals surface area contributed by atoms with Crippen LogP contribution in [-0.2, 0) is 11.3 Å². The summed E-state index contributed by atoms with van der Waals surface area (Å²) in [6, 6.07) is 3.42. The number of hydrogen-bond donors (Lipinski definition) is 2. The predicted octanol–water partition coefficient (Wildman–Crippen LogP) is 1.17. The number of amides is 3. The van der Waals surface area contributed by atoms with Crippen LogP contribution < -0.4 is 10.6 Å². The molecule has 1 aromatic rings. The van der Waals surface area contributed by atoms with E-state index < -0.39 is 6.04 Å². The molecule has 0 spiro atoms. The molecule has 0 saturated carbocycles. The van der Waals surface area contributed by atoms with E-state index in [0.717, 1.165) is 4.88 Å². The summed E-state index contributed by atoms with van der Waals surface area (Å²) in [4.78, 5) is 26.3. The standard InChI is InChI=1S/C12H17N3O2S/c1-8(2)15-7-10(14-12(15)17)11(16)13-6-9-4-3-5-18-9/h3-5,8,10H,6-7H2,1-2H3,(H,13,16)(H,14,17). The van der Waals surface area contributed by atoms with Crippen molar-refractivity contribution in [2.24, 2.45) is 0 Å². The van der Waals surface area contributed by atoms with Gasteiger partial charge in [0.05, 0.1) is 13.1 Å². The summed E-state index contributed by atoms with van der Waals surface area (Å²) < 4.78 is 0. The quantitative estimate of drug-likeness (QED) is 0.860. The van der Waals surface area contributed by atoms with Crippen LogP contribution in [0.4, 0.5) is 4.79 Å². The second-order valence-corrected chi connectivity index (χ2v) is 5.58. The van der Waals surface area contributed by atoms with Gasteiger partial charge in [-0.25, -0.2) is 4.79 Å². The Morgan fingerprint density at radius 1 is 1.67 bits per heavy atom. The molecule has 1 aromatic heterocycles. The van der Waals surface area contributed by atoms with Gasteiger partial charge in [-0.3, -0.25) is 4.79 Å². The first-order chi connectivity index (χ1) is 8.58. The van der Waals surface area contributed by atoms with Crippen LogP contribution >= 0.6 is 11.3 Å². The number of nitrogens with one attached hydrogen (secondary N) is 2. The largest absolute Gasteiger partial charge is 0.349 e. The summed E-state index contributed by atoms with van der Waals surface area (Å²) in [6.45, 7) is 4.83. The van der Waals surface area contributed by atoms with Crippen LogP contribution in [0.25, 0.3) is 0 Å². The molecule has 2 rings (SSSR count). The fourth-order valence-corrected chi connectivity index (χ4v) is 2.51. The lowest BCUT2D eigenvalue weighted by molar-refractivity contribution is -0.122. The molecule has 0 aromatic carbocycles. The fourth-order valence-electron chi connectivity index (χ4n) is 1.86. The average Bonchev–Trinajstić information content (AvgIpc) is 2.94. The molecule has 2 heterocycles. The lowest BCUT2D eigenvalue weighted by atomic mass is 10.2. The van der Waals surface area contributed by atoms with Crippen molar-refractivity contribution in [1.29, 1.82) is 0 Å². The summed E-state index contributed by atoms with van der Waals surface area (Å²) >= 11 is 1.60. The third-order valence-corrected chi connectivity index (χ3v) is 3.77. The second kappa shape index (κ2) is 5.39. The minimum atomic E-state index is -0.445. The van der Waals surface area contributed by atoms with Crippen LogP contribution in [0.1, 0.15) is 18.7 Å². The highest BCUT2D eigenvalue weighted by Gasteiger charge is 2.34. The summed E-state index contributed by atoms with van der Waals surface area (Å²) in [7, 11) is 0. The van der Waals surface area contributed by atoms with Gasteiger partial charge >= 0.3 is 6.03 Å². The average molecular weight is 267 g/mol. The van der Waals surface area contributed by atoms with Crippen molar-refractivity contribution in [3.05, 3.63) is 22.4 Å². The summed E-state index contributed by atoms with van der Waals surface area (Å²) in [5.41, 5.74) is 0. The minimum absolute atomic E-state index is 0.111. The minimum Gasteiger partial charge on any atom is -0.349 e. The van der Waals surface area contributed by atoms with Gasteiger partial charge in [-0.2, -0.15) is 0 Å². The van der Waals surface area contributed by atoms with Crippen LogP contribution in [0.2, 0.25) is 0 Å². The lowest BCUT2D eigenvalue weighted by Crippen LogP contribution is -2.42. The number of rotatable bonds is 4. The molecule has 1 unspecified atom stereocenters. The van der Waals surface area contributed by atoms with Crippen LogP contribution in [0.5, 0.6) is 0 Å². The Morgan fingerprint density at radius 2 is 2.44 bits per heavy atom. The number of carbonyl (C=O) groups excluding carboxylic acids is 2. The molecular formula is C12H17N3O2S. The first-order valence-corrected chi connectivity index (χ1v) is 6.83. The molecule has 1 aliphatic heterocycles. The van der Waals surface area contributed by atoms with Gasteiger partial charge in [0.1, 0.15) is 6.04 Å². The first kappa shape index (κ1) is 12.9. The molecule has 1 fully saturated rings. The van der Waals surface area contributed by atoms with Gasteiger partial charge in [0.25, 0.3) is 0 Å². The monoisotopic (exact) mass is 267 g/mol. The first-order valence-electron chi connectivity index (χ1n) is 5.95. The maximum absolute atomic E-state index is 11.9. The maximum Gasteiger partial charge on any atom is 0.318 e. The van der Waals surface area contributed by atoms with E-state index in [2.05, 4.69) is 10.6 Å². The van der Waals surface area contributed by atoms with Crippen molar-refractivity contribution in [2.45, 2.75) is 32.5 Å². The molecule has 1 aliphatic rings. The Balaban J connectivity index is 1.85. The number of nitrogens with zero attached hydrogens (tertiary/aromatic N) is 1. The SMILES string of the molecule is CC(C)N1CC(C(=O)NCc2cccs2)NC1=O. The molecule has 2 N–H and O–H groups in total. The van der Waals surface area contributed by atoms with E-state index >= 15 is 0 Å². The van der Waals surface area contributed by atoms with Gasteiger partial charge < -0.3 is 15.5 Å². The Labute approximate surface area is 110 Å². The van der Waals surface area contributed by atoms with Crippen molar-refractivity contribution >= 4 is 23.3 Å². The smallest absolute Gasteiger partial charge is 0.318 e. The summed E-state index contributed by atoms with van der Waals surface area (Å²) in [6.07, 6.45) is 0. The highest BCUT2D eigenvalue weighted by molar-refractivity contribution is 7.09. The van der Waals surface area contributed by atoms with E-state index in [4.69, 9.17) is 0 Å². The molecule has 6 heteroatoms. The van der Waals surface area contributed by atoms with Gasteiger partial charge in [-0.1, -0.05) is 6.07 Å². The number of hydrogen-bond acceptors (Lipinski definition) is 3. The maximum atomic E-state index is 11.9. The van der Waals surface area contributed by atoms with E-state index in [0.29, 0.717) is 13.1 Å². The third kappa shape index (κ3) is 2.81. The van der Waals surface area contributed by atoms with E-state index in [-0.39, 0.29) is 18.0 Å². The Bertz CT molecular complexity index is 431. The van der Waals surface area contributed by atoms with Crippen molar-refractivity contribution in [2.75, 3.05) is 6.54 Å². The van der Waals surface area contributed by atoms with Crippen LogP contribution in [-0.4, -0.2) is 35.5 Å². The molecule has 0 radical (unpaired) electrons. The number of urea groups is 1. The zero-order chi connectivity index (χ0) is 13.1. The van der Waals surface area contributed by atoms with E-state index in [9.17, 15) is 9.59 Å². The predicted molar refractivity (Wildman–Crippen MR) is 70.3 cm³/mol. The number of carbonyl (C=O) groups is 2. The normalized spacial score (nSPS) is 19.2. The summed E-state index contributed by atoms with van der Waals surface area (Å²) in [5.74, 6) is -0.125. The lowest BCUT2D eigenvalue weighted by Gasteiger charge is -2.18. The summed E-state index contributed by atoms with van der Waals surface area (Å²) in [5, 5.41) is 7.50. The molecule has 98 valence electrons. The van der Waals surface area contributed by atoms with Gasteiger partial charge in [-0.15, -0.1) is 11.3 Å². The van der Waals surface area contributed by atoms with Crippen LogP contribution in [0.15, 0.2) is 17.5 Å². The van der Waals surface area contributed by atoms with Gasteiger partial charge in [-0.05, 0) is 25.3 Å². The topological polar surface area (TPSA) is 61.4 Å².